The van der Waals surface area contributed by atoms with Crippen molar-refractivity contribution in [2.45, 2.75) is 32.4 Å². The van der Waals surface area contributed by atoms with Crippen molar-refractivity contribution in [2.24, 2.45) is 0 Å². The van der Waals surface area contributed by atoms with Crippen LogP contribution in [0, 0.1) is 0 Å². The van der Waals surface area contributed by atoms with Crippen LogP contribution >= 0.6 is 12.4 Å². The molecule has 0 aliphatic heterocycles. The first kappa shape index (κ1) is 17.8. The Hall–Kier alpha value is -0.580. The molecule has 0 rings (SSSR count). The zero-order chi connectivity index (χ0) is 12.1. The van der Waals surface area contributed by atoms with E-state index in [1.165, 1.54) is 0 Å². The molecule has 0 amide bonds. The summed E-state index contributed by atoms with van der Waals surface area (Å²) in [5.41, 5.74) is -0.743. The van der Waals surface area contributed by atoms with Crippen molar-refractivity contribution in [1.82, 2.24) is 4.90 Å². The lowest BCUT2D eigenvalue weighted by molar-refractivity contribution is -0.164. The Bertz CT molecular complexity index is 243. The lowest BCUT2D eigenvalue weighted by Gasteiger charge is -2.33. The van der Waals surface area contributed by atoms with Gasteiger partial charge >= 0.3 is 5.97 Å². The van der Waals surface area contributed by atoms with Crippen LogP contribution in [-0.4, -0.2) is 42.4 Å². The summed E-state index contributed by atoms with van der Waals surface area (Å²) in [6.45, 7) is 7.00. The van der Waals surface area contributed by atoms with Crippen LogP contribution in [0.15, 0.2) is 12.2 Å². The topological polar surface area (TPSA) is 49.8 Å². The highest BCUT2D eigenvalue weighted by molar-refractivity contribution is 5.86. The van der Waals surface area contributed by atoms with Gasteiger partial charge in [-0.05, 0) is 27.4 Å². The number of hydrogen-bond donors (Lipinski definition) is 1. The largest absolute Gasteiger partial charge is 0.458 e. The van der Waals surface area contributed by atoms with Crippen LogP contribution in [0.25, 0.3) is 0 Å². The molecule has 1 atom stereocenters. The van der Waals surface area contributed by atoms with Gasteiger partial charge in [-0.2, -0.15) is 0 Å². The van der Waals surface area contributed by atoms with Crippen LogP contribution in [0.2, 0.25) is 0 Å². The zero-order valence-electron chi connectivity index (χ0n) is 10.4. The first-order chi connectivity index (χ1) is 6.83. The molecule has 0 aromatic rings. The molecule has 0 aliphatic rings. The van der Waals surface area contributed by atoms with E-state index in [0.29, 0.717) is 12.0 Å². The van der Waals surface area contributed by atoms with Gasteiger partial charge in [-0.15, -0.1) is 12.4 Å². The van der Waals surface area contributed by atoms with E-state index in [1.54, 1.807) is 25.9 Å². The van der Waals surface area contributed by atoms with Gasteiger partial charge in [0.25, 0.3) is 0 Å². The van der Waals surface area contributed by atoms with Crippen molar-refractivity contribution in [2.75, 3.05) is 20.7 Å². The summed E-state index contributed by atoms with van der Waals surface area (Å²) in [6.07, 6.45) is 1.38. The van der Waals surface area contributed by atoms with Gasteiger partial charge in [0.1, 0.15) is 6.61 Å². The number of likely N-dealkylation sites (N-methyl/N-ethyl adjacent to an activating group) is 1. The lowest BCUT2D eigenvalue weighted by atomic mass is 10.1. The van der Waals surface area contributed by atoms with Gasteiger partial charge in [-0.1, -0.05) is 19.9 Å². The summed E-state index contributed by atoms with van der Waals surface area (Å²) >= 11 is 0. The summed E-state index contributed by atoms with van der Waals surface area (Å²) < 4.78 is 4.95. The van der Waals surface area contributed by atoms with E-state index in [0.717, 1.165) is 6.42 Å². The van der Waals surface area contributed by atoms with Crippen molar-refractivity contribution in [3.63, 3.8) is 0 Å². The molecule has 96 valence electrons. The number of aliphatic hydroxyl groups is 1. The molecule has 0 heterocycles. The fraction of sp³-hybridized carbons (Fsp3) is 0.727. The maximum Gasteiger partial charge on any atom is 0.333 e. The number of rotatable bonds is 6. The van der Waals surface area contributed by atoms with E-state index >= 15 is 0 Å². The third kappa shape index (κ3) is 5.49. The van der Waals surface area contributed by atoms with E-state index in [2.05, 4.69) is 6.58 Å². The maximum absolute atomic E-state index is 11.2. The normalized spacial score (nSPS) is 13.9. The molecule has 0 aromatic carbocycles. The molecular formula is C11H22ClNO3. The Balaban J connectivity index is 0. The maximum atomic E-state index is 11.2. The summed E-state index contributed by atoms with van der Waals surface area (Å²) in [5, 5.41) is 10.1. The zero-order valence-corrected chi connectivity index (χ0v) is 11.3. The highest BCUT2D eigenvalue weighted by Gasteiger charge is 2.30. The number of carbonyl (C=O) groups excluding carboxylic acids is 1. The minimum Gasteiger partial charge on any atom is -0.458 e. The fourth-order valence-electron chi connectivity index (χ4n) is 1.13. The summed E-state index contributed by atoms with van der Waals surface area (Å²) in [5.74, 6) is -0.466. The lowest BCUT2D eigenvalue weighted by Crippen LogP contribution is -2.48. The Morgan fingerprint density at radius 3 is 2.31 bits per heavy atom. The average Bonchev–Trinajstić information content (AvgIpc) is 2.14. The van der Waals surface area contributed by atoms with Gasteiger partial charge in [0.2, 0.25) is 0 Å². The number of halogens is 1. The van der Waals surface area contributed by atoms with Gasteiger partial charge in [0.05, 0.1) is 0 Å². The van der Waals surface area contributed by atoms with Gasteiger partial charge in [0.15, 0.2) is 5.72 Å². The predicted molar refractivity (Wildman–Crippen MR) is 66.6 cm³/mol. The highest BCUT2D eigenvalue weighted by Crippen LogP contribution is 2.16. The number of esters is 1. The van der Waals surface area contributed by atoms with Crippen LogP contribution in [0.5, 0.6) is 0 Å². The Labute approximate surface area is 104 Å². The molecule has 4 nitrogen and oxygen atoms in total. The van der Waals surface area contributed by atoms with E-state index in [-0.39, 0.29) is 19.0 Å². The molecule has 0 saturated carbocycles. The minimum atomic E-state index is -1.08. The smallest absolute Gasteiger partial charge is 0.333 e. The molecule has 5 heteroatoms. The Morgan fingerprint density at radius 2 is 2.00 bits per heavy atom. The third-order valence-corrected chi connectivity index (χ3v) is 2.27. The SMILES string of the molecule is C=C(C)C(=O)OCC(O)(CCC)N(C)C.Cl. The first-order valence-corrected chi connectivity index (χ1v) is 5.06. The molecule has 0 saturated heterocycles. The quantitative estimate of drug-likeness (QED) is 0.442. The third-order valence-electron chi connectivity index (χ3n) is 2.27. The molecule has 16 heavy (non-hydrogen) atoms. The van der Waals surface area contributed by atoms with Gasteiger partial charge in [-0.3, -0.25) is 4.90 Å². The van der Waals surface area contributed by atoms with E-state index < -0.39 is 11.7 Å². The van der Waals surface area contributed by atoms with Crippen molar-refractivity contribution >= 4 is 18.4 Å². The second-order valence-corrected chi connectivity index (χ2v) is 3.98. The molecule has 1 N–H and O–H groups in total. The number of ether oxygens (including phenoxy) is 1. The Kier molecular flexibility index (Phi) is 8.52. The number of nitrogens with zero attached hydrogens (tertiary/aromatic N) is 1. The minimum absolute atomic E-state index is 0. The average molecular weight is 252 g/mol. The van der Waals surface area contributed by atoms with Crippen LogP contribution in [-0.2, 0) is 9.53 Å². The second kappa shape index (κ2) is 7.65. The molecular weight excluding hydrogens is 230 g/mol. The van der Waals surface area contributed by atoms with Crippen molar-refractivity contribution in [3.8, 4) is 0 Å². The van der Waals surface area contributed by atoms with Gasteiger partial charge < -0.3 is 9.84 Å². The van der Waals surface area contributed by atoms with Crippen LogP contribution < -0.4 is 0 Å². The summed E-state index contributed by atoms with van der Waals surface area (Å²) in [6, 6.07) is 0. The van der Waals surface area contributed by atoms with Gasteiger partial charge in [0, 0.05) is 5.57 Å². The molecule has 0 fully saturated rings. The summed E-state index contributed by atoms with van der Waals surface area (Å²) in [4.78, 5) is 12.8. The Morgan fingerprint density at radius 1 is 1.50 bits per heavy atom. The van der Waals surface area contributed by atoms with Crippen molar-refractivity contribution < 1.29 is 14.6 Å². The molecule has 1 unspecified atom stereocenters. The molecule has 0 aliphatic carbocycles. The summed E-state index contributed by atoms with van der Waals surface area (Å²) in [7, 11) is 3.51. The van der Waals surface area contributed by atoms with Crippen molar-refractivity contribution in [3.05, 3.63) is 12.2 Å². The standard InChI is InChI=1S/C11H21NO3.ClH/c1-6-7-11(14,12(4)5)8-15-10(13)9(2)3;/h14H,2,6-8H2,1,3-5H3;1H. The van der Waals surface area contributed by atoms with E-state index in [1.807, 2.05) is 6.92 Å². The van der Waals surface area contributed by atoms with Crippen LogP contribution in [0.3, 0.4) is 0 Å². The molecule has 0 bridgehead atoms. The van der Waals surface area contributed by atoms with Gasteiger partial charge in [-0.25, -0.2) is 4.79 Å². The van der Waals surface area contributed by atoms with E-state index in [4.69, 9.17) is 4.74 Å². The van der Waals surface area contributed by atoms with Crippen molar-refractivity contribution in [1.29, 1.82) is 0 Å². The second-order valence-electron chi connectivity index (χ2n) is 3.98. The number of hydrogen-bond acceptors (Lipinski definition) is 4. The van der Waals surface area contributed by atoms with E-state index in [9.17, 15) is 9.90 Å². The first-order valence-electron chi connectivity index (χ1n) is 5.06. The highest BCUT2D eigenvalue weighted by atomic mass is 35.5. The monoisotopic (exact) mass is 251 g/mol. The molecule has 0 aromatic heterocycles. The molecule has 0 radical (unpaired) electrons. The van der Waals surface area contributed by atoms with Crippen LogP contribution in [0.4, 0.5) is 0 Å². The van der Waals surface area contributed by atoms with Crippen LogP contribution in [0.1, 0.15) is 26.7 Å². The molecule has 0 spiro atoms. The predicted octanol–water partition coefficient (Wildman–Crippen LogP) is 1.58. The number of carbonyl (C=O) groups is 1. The fourth-order valence-corrected chi connectivity index (χ4v) is 1.13.